The first-order valence-corrected chi connectivity index (χ1v) is 16.8. The Morgan fingerprint density at radius 1 is 0.657 bits per heavy atom. The zero-order chi connectivity index (χ0) is 26.3. The molecule has 0 aromatic heterocycles. The smallest absolute Gasteiger partial charge is 0.320 e. The Hall–Kier alpha value is -0.150. The van der Waals surface area contributed by atoms with Gasteiger partial charge in [-0.3, -0.25) is 4.57 Å². The molecule has 0 aliphatic heterocycles. The Balaban J connectivity index is 3.40. The molecule has 5 heteroatoms. The Morgan fingerprint density at radius 3 is 1.40 bits per heavy atom. The van der Waals surface area contributed by atoms with Crippen molar-refractivity contribution in [1.82, 2.24) is 0 Å². The molecular weight excluding hydrogens is 453 g/mol. The number of unbranched alkanes of at least 4 members (excludes halogenated alkanes) is 18. The molecule has 2 atom stereocenters. The third-order valence-corrected chi connectivity index (χ3v) is 9.43. The lowest BCUT2D eigenvalue weighted by atomic mass is 10.0. The van der Waals surface area contributed by atoms with Crippen molar-refractivity contribution in [3.63, 3.8) is 0 Å². The highest BCUT2D eigenvalue weighted by Gasteiger charge is 2.41. The summed E-state index contributed by atoms with van der Waals surface area (Å²) < 4.78 is 18.4. The normalized spacial score (nSPS) is 15.0. The van der Waals surface area contributed by atoms with Crippen LogP contribution in [0, 0.1) is 0 Å². The minimum absolute atomic E-state index is 0.351. The van der Waals surface area contributed by atoms with Crippen molar-refractivity contribution in [2.45, 2.75) is 154 Å². The number of nitrogens with zero attached hydrogens (tertiary/aromatic N) is 1. The number of quaternary nitrogens is 1. The molecule has 0 aromatic carbocycles. The predicted octanol–water partition coefficient (Wildman–Crippen LogP) is 10.0. The van der Waals surface area contributed by atoms with Crippen molar-refractivity contribution in [1.29, 1.82) is 0 Å². The van der Waals surface area contributed by atoms with Gasteiger partial charge in [0, 0.05) is 6.42 Å². The summed E-state index contributed by atoms with van der Waals surface area (Å²) >= 11 is 0. The van der Waals surface area contributed by atoms with Gasteiger partial charge in [-0.2, -0.15) is 0 Å². The molecule has 35 heavy (non-hydrogen) atoms. The van der Waals surface area contributed by atoms with Gasteiger partial charge in [-0.25, -0.2) is 0 Å². The van der Waals surface area contributed by atoms with E-state index in [1.807, 2.05) is 28.1 Å². The van der Waals surface area contributed by atoms with Crippen LogP contribution in [0.15, 0.2) is 12.2 Å². The van der Waals surface area contributed by atoms with Crippen molar-refractivity contribution < 1.29 is 18.5 Å². The van der Waals surface area contributed by atoms with Crippen LogP contribution in [-0.4, -0.2) is 42.9 Å². The van der Waals surface area contributed by atoms with Crippen molar-refractivity contribution in [3.05, 3.63) is 12.2 Å². The number of allylic oxidation sites excluding steroid dienone is 2. The van der Waals surface area contributed by atoms with Crippen LogP contribution in [0.1, 0.15) is 149 Å². The lowest BCUT2D eigenvalue weighted by Crippen LogP contribution is -2.44. The van der Waals surface area contributed by atoms with E-state index in [0.717, 1.165) is 12.8 Å². The lowest BCUT2D eigenvalue weighted by molar-refractivity contribution is -0.883. The van der Waals surface area contributed by atoms with Crippen LogP contribution in [0.2, 0.25) is 0 Å². The monoisotopic (exact) mass is 516 g/mol. The molecule has 2 unspecified atom stereocenters. The van der Waals surface area contributed by atoms with Crippen LogP contribution in [0.4, 0.5) is 0 Å². The third-order valence-electron chi connectivity index (χ3n) is 7.07. The summed E-state index contributed by atoms with van der Waals surface area (Å²) in [6, 6.07) is 0. The summed E-state index contributed by atoms with van der Waals surface area (Å²) in [7, 11) is 2.31. The molecule has 0 radical (unpaired) electrons. The van der Waals surface area contributed by atoms with Gasteiger partial charge in [0.15, 0.2) is 5.78 Å². The molecule has 0 saturated heterocycles. The summed E-state index contributed by atoms with van der Waals surface area (Å²) in [6.07, 6.45) is 31.8. The summed E-state index contributed by atoms with van der Waals surface area (Å²) in [5, 5.41) is 0. The van der Waals surface area contributed by atoms with Crippen LogP contribution in [0.5, 0.6) is 0 Å². The van der Waals surface area contributed by atoms with E-state index in [-0.39, 0.29) is 5.78 Å². The molecule has 210 valence electrons. The van der Waals surface area contributed by atoms with Crippen LogP contribution in [0.3, 0.4) is 0 Å². The molecule has 0 heterocycles. The fourth-order valence-electron chi connectivity index (χ4n) is 4.91. The highest BCUT2D eigenvalue weighted by Crippen LogP contribution is 2.51. The van der Waals surface area contributed by atoms with Crippen LogP contribution in [0.25, 0.3) is 0 Å². The number of hydrogen-bond donors (Lipinski definition) is 1. The molecule has 0 aliphatic rings. The summed E-state index contributed by atoms with van der Waals surface area (Å²) in [5.74, 6) is -0.351. The second-order valence-corrected chi connectivity index (χ2v) is 13.4. The van der Waals surface area contributed by atoms with Gasteiger partial charge in [0.25, 0.3) is 0 Å². The van der Waals surface area contributed by atoms with E-state index in [1.54, 1.807) is 0 Å². The first-order valence-electron chi connectivity index (χ1n) is 15.2. The molecule has 0 amide bonds. The molecule has 0 fully saturated rings. The first-order chi connectivity index (χ1) is 16.8. The van der Waals surface area contributed by atoms with Gasteiger partial charge in [-0.1, -0.05) is 122 Å². The van der Waals surface area contributed by atoms with Crippen molar-refractivity contribution >= 4 is 7.60 Å². The molecule has 0 spiro atoms. The molecular formula is C30H63NO3P+. The third kappa shape index (κ3) is 21.6. The second kappa shape index (κ2) is 23.0. The number of hydrogen-bond acceptors (Lipinski definition) is 2. The minimum Gasteiger partial charge on any atom is -0.320 e. The summed E-state index contributed by atoms with van der Waals surface area (Å²) in [6.45, 7) is 4.64. The quantitative estimate of drug-likeness (QED) is 0.0538. The van der Waals surface area contributed by atoms with Crippen molar-refractivity contribution in [2.75, 3.05) is 27.7 Å². The lowest BCUT2D eigenvalue weighted by Gasteiger charge is -2.35. The van der Waals surface area contributed by atoms with Gasteiger partial charge in [-0.05, 0) is 32.1 Å². The Kier molecular flexibility index (Phi) is 22.9. The Labute approximate surface area is 220 Å². The van der Waals surface area contributed by atoms with Gasteiger partial charge in [0.05, 0.1) is 27.7 Å². The van der Waals surface area contributed by atoms with Crippen molar-refractivity contribution in [3.8, 4) is 0 Å². The largest absolute Gasteiger partial charge is 0.385 e. The minimum atomic E-state index is -3.56. The maximum Gasteiger partial charge on any atom is 0.385 e. The fraction of sp³-hybridized carbons (Fsp3) is 0.933. The first kappa shape index (κ1) is 34.9. The molecule has 0 aromatic rings. The molecule has 0 bridgehead atoms. The standard InChI is InChI=1S/C30H62NO3P/c1-6-8-9-10-11-12-13-14-15-16-17-18-19-20-21-22-23-24-25-26-27-28-29-34-35(32,33)30(7-2)31(3,4)5/h19-20,30H,6-18,21-29H2,1-5H3/p+1. The molecule has 0 saturated carbocycles. The van der Waals surface area contributed by atoms with Gasteiger partial charge in [0.2, 0.25) is 0 Å². The molecule has 0 rings (SSSR count). The molecule has 4 nitrogen and oxygen atoms in total. The zero-order valence-corrected chi connectivity index (χ0v) is 25.3. The van der Waals surface area contributed by atoms with Gasteiger partial charge in [-0.15, -0.1) is 0 Å². The second-order valence-electron chi connectivity index (χ2n) is 11.5. The SMILES string of the molecule is CCCCCCCCCCCCCC=CCCCCCCCCCOP(=O)(O)C(CC)[N+](C)(C)C. The van der Waals surface area contributed by atoms with E-state index in [4.69, 9.17) is 4.52 Å². The molecule has 1 N–H and O–H groups in total. The maximum atomic E-state index is 12.5. The fourth-order valence-corrected chi connectivity index (χ4v) is 6.81. The van der Waals surface area contributed by atoms with Gasteiger partial charge in [0.1, 0.15) is 0 Å². The van der Waals surface area contributed by atoms with Crippen molar-refractivity contribution in [2.24, 2.45) is 0 Å². The average Bonchev–Trinajstić information content (AvgIpc) is 2.78. The topological polar surface area (TPSA) is 46.5 Å². The average molecular weight is 517 g/mol. The van der Waals surface area contributed by atoms with Crippen LogP contribution < -0.4 is 0 Å². The van der Waals surface area contributed by atoms with Gasteiger partial charge >= 0.3 is 7.60 Å². The Bertz CT molecular complexity index is 530. The van der Waals surface area contributed by atoms with E-state index in [9.17, 15) is 9.46 Å². The number of rotatable bonds is 26. The van der Waals surface area contributed by atoms with Crippen LogP contribution >= 0.6 is 7.60 Å². The highest BCUT2D eigenvalue weighted by molar-refractivity contribution is 7.53. The van der Waals surface area contributed by atoms with E-state index >= 15 is 0 Å². The Morgan fingerprint density at radius 2 is 1.03 bits per heavy atom. The molecule has 0 aliphatic carbocycles. The van der Waals surface area contributed by atoms with E-state index in [0.29, 0.717) is 17.5 Å². The summed E-state index contributed by atoms with van der Waals surface area (Å²) in [5.41, 5.74) is 0. The van der Waals surface area contributed by atoms with Gasteiger partial charge < -0.3 is 13.9 Å². The zero-order valence-electron chi connectivity index (χ0n) is 24.4. The van der Waals surface area contributed by atoms with E-state index in [2.05, 4.69) is 19.1 Å². The maximum absolute atomic E-state index is 12.5. The van der Waals surface area contributed by atoms with E-state index in [1.165, 1.54) is 116 Å². The summed E-state index contributed by atoms with van der Waals surface area (Å²) in [4.78, 5) is 10.3. The van der Waals surface area contributed by atoms with E-state index < -0.39 is 7.60 Å². The highest BCUT2D eigenvalue weighted by atomic mass is 31.2. The van der Waals surface area contributed by atoms with Crippen LogP contribution in [-0.2, 0) is 9.09 Å². The predicted molar refractivity (Wildman–Crippen MR) is 155 cm³/mol.